The van der Waals surface area contributed by atoms with E-state index in [-0.39, 0.29) is 5.91 Å². The van der Waals surface area contributed by atoms with Crippen molar-refractivity contribution >= 4 is 5.91 Å². The van der Waals surface area contributed by atoms with Crippen LogP contribution in [-0.4, -0.2) is 18.0 Å². The topological polar surface area (TPSA) is 77.9 Å². The zero-order valence-electron chi connectivity index (χ0n) is 9.34. The van der Waals surface area contributed by atoms with Gasteiger partial charge < -0.3 is 5.32 Å². The Morgan fingerprint density at radius 3 is 2.62 bits per heavy atom. The van der Waals surface area contributed by atoms with Gasteiger partial charge in [-0.3, -0.25) is 4.79 Å². The first-order valence-corrected chi connectivity index (χ1v) is 4.95. The lowest BCUT2D eigenvalue weighted by atomic mass is 10.1. The van der Waals surface area contributed by atoms with Crippen LogP contribution in [0.4, 0.5) is 0 Å². The molecule has 0 bridgehead atoms. The van der Waals surface area contributed by atoms with Gasteiger partial charge in [0.1, 0.15) is 0 Å². The minimum atomic E-state index is -0.612. The van der Waals surface area contributed by atoms with E-state index in [1.807, 2.05) is 6.07 Å². The van der Waals surface area contributed by atoms with E-state index in [1.165, 1.54) is 0 Å². The Morgan fingerprint density at radius 2 is 2.06 bits per heavy atom. The number of hydrogen-bond donors (Lipinski definition) is 1. The van der Waals surface area contributed by atoms with Gasteiger partial charge in [0, 0.05) is 17.0 Å². The van der Waals surface area contributed by atoms with Crippen molar-refractivity contribution in [2.45, 2.75) is 19.4 Å². The molecule has 1 amide bonds. The molecule has 0 saturated heterocycles. The van der Waals surface area contributed by atoms with E-state index in [2.05, 4.69) is 15.3 Å². The summed E-state index contributed by atoms with van der Waals surface area (Å²) in [6, 6.07) is 8.91. The van der Waals surface area contributed by atoms with Gasteiger partial charge in [-0.15, -0.1) is 0 Å². The lowest BCUT2D eigenvalue weighted by Gasteiger charge is -2.18. The van der Waals surface area contributed by atoms with Gasteiger partial charge in [-0.1, -0.05) is 37.2 Å². The zero-order chi connectivity index (χ0) is 12.0. The number of rotatable bonds is 4. The SMILES string of the molecule is CC(C)(CNC(=O)c1ccccc1)N=[N+]=[N-]. The predicted octanol–water partition coefficient (Wildman–Crippen LogP) is 2.51. The predicted molar refractivity (Wildman–Crippen MR) is 62.0 cm³/mol. The van der Waals surface area contributed by atoms with Gasteiger partial charge in [-0.25, -0.2) is 0 Å². The fourth-order valence-electron chi connectivity index (χ4n) is 1.14. The molecule has 0 unspecified atom stereocenters. The molecule has 0 aliphatic rings. The van der Waals surface area contributed by atoms with Crippen LogP contribution in [-0.2, 0) is 0 Å². The second-order valence-corrected chi connectivity index (χ2v) is 4.05. The zero-order valence-corrected chi connectivity index (χ0v) is 9.34. The Kier molecular flexibility index (Phi) is 3.91. The highest BCUT2D eigenvalue weighted by Gasteiger charge is 2.16. The molecule has 0 aliphatic heterocycles. The second kappa shape index (κ2) is 5.19. The first-order chi connectivity index (χ1) is 7.55. The minimum Gasteiger partial charge on any atom is -0.351 e. The van der Waals surface area contributed by atoms with Crippen LogP contribution in [0, 0.1) is 0 Å². The highest BCUT2D eigenvalue weighted by molar-refractivity contribution is 5.94. The molecule has 0 aromatic heterocycles. The summed E-state index contributed by atoms with van der Waals surface area (Å²) in [5.41, 5.74) is 8.31. The number of nitrogens with one attached hydrogen (secondary N) is 1. The fourth-order valence-corrected chi connectivity index (χ4v) is 1.14. The summed E-state index contributed by atoms with van der Waals surface area (Å²) in [5, 5.41) is 6.31. The maximum atomic E-state index is 11.6. The maximum Gasteiger partial charge on any atom is 0.251 e. The largest absolute Gasteiger partial charge is 0.351 e. The lowest BCUT2D eigenvalue weighted by molar-refractivity contribution is 0.0946. The highest BCUT2D eigenvalue weighted by Crippen LogP contribution is 2.07. The number of azide groups is 1. The lowest BCUT2D eigenvalue weighted by Crippen LogP contribution is -2.36. The molecule has 0 fully saturated rings. The summed E-state index contributed by atoms with van der Waals surface area (Å²) in [7, 11) is 0. The van der Waals surface area contributed by atoms with E-state index in [0.717, 1.165) is 0 Å². The number of amides is 1. The highest BCUT2D eigenvalue weighted by atomic mass is 16.1. The monoisotopic (exact) mass is 218 g/mol. The smallest absolute Gasteiger partial charge is 0.251 e. The molecule has 84 valence electrons. The van der Waals surface area contributed by atoms with E-state index in [4.69, 9.17) is 5.53 Å². The fraction of sp³-hybridized carbons (Fsp3) is 0.364. The van der Waals surface area contributed by atoms with Crippen LogP contribution in [0.25, 0.3) is 10.4 Å². The van der Waals surface area contributed by atoms with Crippen LogP contribution in [0.15, 0.2) is 35.4 Å². The Hall–Kier alpha value is -2.00. The molecule has 16 heavy (non-hydrogen) atoms. The van der Waals surface area contributed by atoms with E-state index in [9.17, 15) is 4.79 Å². The molecular formula is C11H14N4O. The van der Waals surface area contributed by atoms with Gasteiger partial charge in [0.15, 0.2) is 0 Å². The summed E-state index contributed by atoms with van der Waals surface area (Å²) in [6.07, 6.45) is 0. The van der Waals surface area contributed by atoms with Gasteiger partial charge in [0.05, 0.1) is 5.54 Å². The molecule has 0 spiro atoms. The molecule has 0 atom stereocenters. The Labute approximate surface area is 94.1 Å². The van der Waals surface area contributed by atoms with Crippen molar-refractivity contribution < 1.29 is 4.79 Å². The maximum absolute atomic E-state index is 11.6. The summed E-state index contributed by atoms with van der Waals surface area (Å²) >= 11 is 0. The molecule has 1 aromatic rings. The van der Waals surface area contributed by atoms with E-state index < -0.39 is 5.54 Å². The molecule has 1 rings (SSSR count). The van der Waals surface area contributed by atoms with Gasteiger partial charge in [0.25, 0.3) is 5.91 Å². The molecular weight excluding hydrogens is 204 g/mol. The van der Waals surface area contributed by atoms with Crippen LogP contribution < -0.4 is 5.32 Å². The van der Waals surface area contributed by atoms with Crippen LogP contribution >= 0.6 is 0 Å². The molecule has 0 saturated carbocycles. The quantitative estimate of drug-likeness (QED) is 0.470. The van der Waals surface area contributed by atoms with Crippen LogP contribution in [0.1, 0.15) is 24.2 Å². The molecule has 1 N–H and O–H groups in total. The van der Waals surface area contributed by atoms with Gasteiger partial charge in [0.2, 0.25) is 0 Å². The summed E-state index contributed by atoms with van der Waals surface area (Å²) < 4.78 is 0. The molecule has 5 heteroatoms. The summed E-state index contributed by atoms with van der Waals surface area (Å²) in [4.78, 5) is 14.4. The molecule has 0 aliphatic carbocycles. The minimum absolute atomic E-state index is 0.165. The normalized spacial score (nSPS) is 10.4. The van der Waals surface area contributed by atoms with Crippen molar-refractivity contribution in [3.63, 3.8) is 0 Å². The Bertz CT molecular complexity index is 407. The van der Waals surface area contributed by atoms with E-state index in [1.54, 1.807) is 38.1 Å². The average Bonchev–Trinajstić information content (AvgIpc) is 2.27. The van der Waals surface area contributed by atoms with Gasteiger partial charge >= 0.3 is 0 Å². The summed E-state index contributed by atoms with van der Waals surface area (Å²) in [5.74, 6) is -0.165. The van der Waals surface area contributed by atoms with E-state index >= 15 is 0 Å². The number of hydrogen-bond acceptors (Lipinski definition) is 2. The van der Waals surface area contributed by atoms with E-state index in [0.29, 0.717) is 12.1 Å². The molecule has 0 radical (unpaired) electrons. The third-order valence-electron chi connectivity index (χ3n) is 2.03. The van der Waals surface area contributed by atoms with Crippen molar-refractivity contribution in [2.75, 3.05) is 6.54 Å². The number of carbonyl (C=O) groups is 1. The first kappa shape index (κ1) is 12.1. The van der Waals surface area contributed by atoms with Crippen LogP contribution in [0.2, 0.25) is 0 Å². The van der Waals surface area contributed by atoms with Crippen molar-refractivity contribution in [1.82, 2.24) is 5.32 Å². The van der Waals surface area contributed by atoms with Crippen LogP contribution in [0.5, 0.6) is 0 Å². The van der Waals surface area contributed by atoms with Crippen molar-refractivity contribution in [2.24, 2.45) is 5.11 Å². The Balaban J connectivity index is 2.57. The number of nitrogens with zero attached hydrogens (tertiary/aromatic N) is 3. The standard InChI is InChI=1S/C11H14N4O/c1-11(2,14-15-12)8-13-10(16)9-6-4-3-5-7-9/h3-7H,8H2,1-2H3,(H,13,16). The Morgan fingerprint density at radius 1 is 1.44 bits per heavy atom. The third kappa shape index (κ3) is 3.63. The second-order valence-electron chi connectivity index (χ2n) is 4.05. The van der Waals surface area contributed by atoms with Gasteiger partial charge in [-0.05, 0) is 17.7 Å². The van der Waals surface area contributed by atoms with Crippen molar-refractivity contribution in [3.05, 3.63) is 46.3 Å². The number of benzene rings is 1. The first-order valence-electron chi connectivity index (χ1n) is 4.95. The molecule has 0 heterocycles. The summed E-state index contributed by atoms with van der Waals surface area (Å²) in [6.45, 7) is 3.83. The van der Waals surface area contributed by atoms with Crippen molar-refractivity contribution in [3.8, 4) is 0 Å². The third-order valence-corrected chi connectivity index (χ3v) is 2.03. The van der Waals surface area contributed by atoms with Crippen LogP contribution in [0.3, 0.4) is 0 Å². The molecule has 1 aromatic carbocycles. The average molecular weight is 218 g/mol. The number of carbonyl (C=O) groups excluding carboxylic acids is 1. The van der Waals surface area contributed by atoms with Crippen molar-refractivity contribution in [1.29, 1.82) is 0 Å². The molecule has 5 nitrogen and oxygen atoms in total. The van der Waals surface area contributed by atoms with Gasteiger partial charge in [-0.2, -0.15) is 0 Å².